The zero-order chi connectivity index (χ0) is 19.5. The largest absolute Gasteiger partial charge is 0.435 e. The predicted octanol–water partition coefficient (Wildman–Crippen LogP) is 3.08. The van der Waals surface area contributed by atoms with Gasteiger partial charge in [-0.1, -0.05) is 11.6 Å². The molecule has 11 heteroatoms. The number of rotatable bonds is 4. The van der Waals surface area contributed by atoms with E-state index in [-0.39, 0.29) is 41.4 Å². The fraction of sp³-hybridized carbons (Fsp3) is 0.438. The van der Waals surface area contributed by atoms with Crippen molar-refractivity contribution in [2.75, 3.05) is 6.61 Å². The van der Waals surface area contributed by atoms with Crippen molar-refractivity contribution in [3.63, 3.8) is 0 Å². The summed E-state index contributed by atoms with van der Waals surface area (Å²) < 4.78 is 40.8. The van der Waals surface area contributed by atoms with Gasteiger partial charge in [0, 0.05) is 35.2 Å². The highest BCUT2D eigenvalue weighted by Crippen LogP contribution is 2.49. The normalized spacial score (nSPS) is 19.8. The van der Waals surface area contributed by atoms with Crippen molar-refractivity contribution >= 4 is 27.9 Å². The third kappa shape index (κ3) is 3.26. The molecule has 3 aromatic heterocycles. The number of hydrogen-bond donors (Lipinski definition) is 1. The van der Waals surface area contributed by atoms with E-state index in [0.29, 0.717) is 4.96 Å². The molecule has 1 N–H and O–H groups in total. The molecule has 2 atom stereocenters. The molecule has 0 amide bonds. The third-order valence-electron chi connectivity index (χ3n) is 4.63. The molecule has 1 saturated carbocycles. The summed E-state index contributed by atoms with van der Waals surface area (Å²) in [6.07, 6.45) is -3.78. The SMILES string of the molecule is Cc1sc2nc(Cn3nc(C(F)(F)F)cc3Cl)cc(=O)n2c1[C@@H]1C[C@H]1CO. The number of fused-ring (bicyclic) bond motifs is 1. The van der Waals surface area contributed by atoms with Crippen molar-refractivity contribution in [1.29, 1.82) is 0 Å². The molecule has 1 fully saturated rings. The first-order valence-corrected chi connectivity index (χ1v) is 9.32. The second kappa shape index (κ2) is 6.32. The van der Waals surface area contributed by atoms with Crippen LogP contribution >= 0.6 is 22.9 Å². The van der Waals surface area contributed by atoms with Gasteiger partial charge in [-0.3, -0.25) is 9.20 Å². The molecule has 0 spiro atoms. The molecule has 1 aliphatic carbocycles. The van der Waals surface area contributed by atoms with E-state index in [2.05, 4.69) is 10.1 Å². The Morgan fingerprint density at radius 3 is 2.74 bits per heavy atom. The van der Waals surface area contributed by atoms with Crippen LogP contribution in [0.15, 0.2) is 16.9 Å². The van der Waals surface area contributed by atoms with Crippen molar-refractivity contribution in [1.82, 2.24) is 19.2 Å². The lowest BCUT2D eigenvalue weighted by molar-refractivity contribution is -0.141. The van der Waals surface area contributed by atoms with E-state index >= 15 is 0 Å². The highest BCUT2D eigenvalue weighted by molar-refractivity contribution is 7.17. The predicted molar refractivity (Wildman–Crippen MR) is 93.4 cm³/mol. The van der Waals surface area contributed by atoms with Gasteiger partial charge in [-0.25, -0.2) is 9.67 Å². The number of nitrogens with zero attached hydrogens (tertiary/aromatic N) is 4. The average Bonchev–Trinajstić information content (AvgIpc) is 3.13. The molecule has 1 aliphatic rings. The molecule has 3 heterocycles. The van der Waals surface area contributed by atoms with Gasteiger partial charge < -0.3 is 5.11 Å². The number of aromatic nitrogens is 4. The van der Waals surface area contributed by atoms with Crippen LogP contribution in [-0.2, 0) is 12.7 Å². The van der Waals surface area contributed by atoms with Gasteiger partial charge in [0.25, 0.3) is 5.56 Å². The van der Waals surface area contributed by atoms with E-state index in [0.717, 1.165) is 27.7 Å². The molecular formula is C16H14ClF3N4O2S. The summed E-state index contributed by atoms with van der Waals surface area (Å²) in [5.41, 5.74) is -0.267. The first-order valence-electron chi connectivity index (χ1n) is 8.12. The van der Waals surface area contributed by atoms with Crippen molar-refractivity contribution in [2.45, 2.75) is 32.0 Å². The van der Waals surface area contributed by atoms with Crippen LogP contribution in [0.1, 0.15) is 34.3 Å². The molecule has 4 rings (SSSR count). The van der Waals surface area contributed by atoms with Crippen molar-refractivity contribution in [3.05, 3.63) is 49.6 Å². The summed E-state index contributed by atoms with van der Waals surface area (Å²) >= 11 is 7.18. The minimum absolute atomic E-state index is 0.0705. The van der Waals surface area contributed by atoms with Crippen LogP contribution in [0.3, 0.4) is 0 Å². The lowest BCUT2D eigenvalue weighted by atomic mass is 10.2. The number of hydrogen-bond acceptors (Lipinski definition) is 5. The Labute approximate surface area is 159 Å². The van der Waals surface area contributed by atoms with E-state index < -0.39 is 11.9 Å². The van der Waals surface area contributed by atoms with Crippen LogP contribution in [-0.4, -0.2) is 30.9 Å². The van der Waals surface area contributed by atoms with Crippen LogP contribution in [0.25, 0.3) is 4.96 Å². The van der Waals surface area contributed by atoms with Crippen LogP contribution in [0.5, 0.6) is 0 Å². The summed E-state index contributed by atoms with van der Waals surface area (Å²) in [4.78, 5) is 18.4. The maximum absolute atomic E-state index is 12.8. The Hall–Kier alpha value is -1.91. The quantitative estimate of drug-likeness (QED) is 0.706. The van der Waals surface area contributed by atoms with Crippen LogP contribution in [0.4, 0.5) is 13.2 Å². The number of aliphatic hydroxyl groups is 1. The Morgan fingerprint density at radius 2 is 2.15 bits per heavy atom. The molecular weight excluding hydrogens is 405 g/mol. The van der Waals surface area contributed by atoms with E-state index in [4.69, 9.17) is 11.6 Å². The fourth-order valence-electron chi connectivity index (χ4n) is 3.23. The smallest absolute Gasteiger partial charge is 0.396 e. The van der Waals surface area contributed by atoms with Gasteiger partial charge in [-0.2, -0.15) is 18.3 Å². The van der Waals surface area contributed by atoms with Gasteiger partial charge in [0.05, 0.1) is 12.2 Å². The highest BCUT2D eigenvalue weighted by atomic mass is 35.5. The molecule has 0 aliphatic heterocycles. The molecule has 144 valence electrons. The number of aryl methyl sites for hydroxylation is 1. The minimum atomic E-state index is -4.60. The summed E-state index contributed by atoms with van der Waals surface area (Å²) in [7, 11) is 0. The van der Waals surface area contributed by atoms with E-state index in [9.17, 15) is 23.1 Å². The van der Waals surface area contributed by atoms with Crippen LogP contribution in [0.2, 0.25) is 5.15 Å². The minimum Gasteiger partial charge on any atom is -0.396 e. The first-order chi connectivity index (χ1) is 12.7. The monoisotopic (exact) mass is 418 g/mol. The van der Waals surface area contributed by atoms with Crippen molar-refractivity contribution < 1.29 is 18.3 Å². The standard InChI is InChI=1S/C16H14ClF3N4O2S/c1-7-14(10-2-8(10)6-25)24-13(26)3-9(21-15(24)27-7)5-23-12(17)4-11(22-23)16(18,19)20/h3-4,8,10,25H,2,5-6H2,1H3/t8-,10+/m0/s1. The fourth-order valence-corrected chi connectivity index (χ4v) is 4.50. The molecule has 0 saturated heterocycles. The molecule has 0 aromatic carbocycles. The second-order valence-corrected chi connectivity index (χ2v) is 8.11. The van der Waals surface area contributed by atoms with Gasteiger partial charge in [-0.15, -0.1) is 11.3 Å². The molecule has 3 aromatic rings. The average molecular weight is 419 g/mol. The van der Waals surface area contributed by atoms with Crippen LogP contribution < -0.4 is 5.56 Å². The number of halogens is 4. The topological polar surface area (TPSA) is 72.4 Å². The Kier molecular flexibility index (Phi) is 4.32. The zero-order valence-corrected chi connectivity index (χ0v) is 15.6. The molecule has 0 unspecified atom stereocenters. The van der Waals surface area contributed by atoms with E-state index in [1.54, 1.807) is 0 Å². The van der Waals surface area contributed by atoms with Crippen molar-refractivity contribution in [2.24, 2.45) is 5.92 Å². The number of alkyl halides is 3. The van der Waals surface area contributed by atoms with Gasteiger partial charge >= 0.3 is 6.18 Å². The lowest BCUT2D eigenvalue weighted by Gasteiger charge is -2.05. The Bertz CT molecular complexity index is 1090. The number of thiazole rings is 1. The molecule has 0 bridgehead atoms. The Balaban J connectivity index is 1.71. The first kappa shape index (κ1) is 18.5. The summed E-state index contributed by atoms with van der Waals surface area (Å²) in [5.74, 6) is 0.278. The highest BCUT2D eigenvalue weighted by Gasteiger charge is 2.41. The van der Waals surface area contributed by atoms with Gasteiger partial charge in [0.1, 0.15) is 5.15 Å². The van der Waals surface area contributed by atoms with Crippen LogP contribution in [0, 0.1) is 12.8 Å². The van der Waals surface area contributed by atoms with Crippen molar-refractivity contribution in [3.8, 4) is 0 Å². The maximum Gasteiger partial charge on any atom is 0.435 e. The van der Waals surface area contributed by atoms with Gasteiger partial charge in [-0.05, 0) is 19.3 Å². The van der Waals surface area contributed by atoms with E-state index in [1.165, 1.54) is 21.8 Å². The summed E-state index contributed by atoms with van der Waals surface area (Å²) in [6.45, 7) is 1.82. The van der Waals surface area contributed by atoms with Gasteiger partial charge in [0.2, 0.25) is 0 Å². The molecule has 6 nitrogen and oxygen atoms in total. The van der Waals surface area contributed by atoms with Gasteiger partial charge in [0.15, 0.2) is 10.7 Å². The van der Waals surface area contributed by atoms with E-state index in [1.807, 2.05) is 6.92 Å². The summed E-state index contributed by atoms with van der Waals surface area (Å²) in [6, 6.07) is 2.02. The summed E-state index contributed by atoms with van der Waals surface area (Å²) in [5, 5.41) is 12.6. The zero-order valence-electron chi connectivity index (χ0n) is 14.0. The molecule has 27 heavy (non-hydrogen) atoms. The molecule has 0 radical (unpaired) electrons. The number of aliphatic hydroxyl groups excluding tert-OH is 1. The lowest BCUT2D eigenvalue weighted by Crippen LogP contribution is -2.18. The third-order valence-corrected chi connectivity index (χ3v) is 5.90. The Morgan fingerprint density at radius 1 is 1.41 bits per heavy atom. The maximum atomic E-state index is 12.8. The second-order valence-electron chi connectivity index (χ2n) is 6.54.